The molecule has 0 spiro atoms. The van der Waals surface area contributed by atoms with Crippen molar-refractivity contribution in [3.05, 3.63) is 71.4 Å². The summed E-state index contributed by atoms with van der Waals surface area (Å²) in [4.78, 5) is 30.7. The Morgan fingerprint density at radius 3 is 2.61 bits per heavy atom. The van der Waals surface area contributed by atoms with E-state index in [1.54, 1.807) is 6.07 Å². The molecule has 1 aliphatic rings. The van der Waals surface area contributed by atoms with Crippen LogP contribution < -0.4 is 5.32 Å². The maximum Gasteiger partial charge on any atom is 0.254 e. The number of carbonyl (C=O) groups is 2. The molecule has 0 unspecified atom stereocenters. The Morgan fingerprint density at radius 1 is 1.07 bits per heavy atom. The maximum atomic E-state index is 13.3. The average Bonchev–Trinajstić information content (AvgIpc) is 2.62. The lowest BCUT2D eigenvalue weighted by Crippen LogP contribution is -2.54. The lowest BCUT2D eigenvalue weighted by Gasteiger charge is -2.38. The number of rotatable bonds is 3. The summed E-state index contributed by atoms with van der Waals surface area (Å²) < 4.78 is 26.3. The van der Waals surface area contributed by atoms with E-state index in [0.717, 1.165) is 28.7 Å². The topological polar surface area (TPSA) is 62.3 Å². The molecule has 1 N–H and O–H groups in total. The number of pyridine rings is 1. The molecule has 142 valence electrons. The number of amides is 2. The maximum absolute atomic E-state index is 13.3. The second-order valence-corrected chi connectivity index (χ2v) is 6.85. The van der Waals surface area contributed by atoms with Crippen LogP contribution >= 0.6 is 0 Å². The van der Waals surface area contributed by atoms with Gasteiger partial charge in [0.05, 0.1) is 17.1 Å². The Morgan fingerprint density at radius 2 is 1.86 bits per heavy atom. The molecule has 1 saturated heterocycles. The van der Waals surface area contributed by atoms with E-state index in [9.17, 15) is 18.4 Å². The molecule has 1 fully saturated rings. The van der Waals surface area contributed by atoms with E-state index in [1.807, 2.05) is 31.2 Å². The monoisotopic (exact) mass is 381 g/mol. The number of benzene rings is 2. The highest BCUT2D eigenvalue weighted by molar-refractivity contribution is 6.03. The smallest absolute Gasteiger partial charge is 0.254 e. The third kappa shape index (κ3) is 3.31. The van der Waals surface area contributed by atoms with Crippen LogP contribution in [0.25, 0.3) is 10.9 Å². The number of anilines is 1. The first-order valence-corrected chi connectivity index (χ1v) is 8.84. The number of aromatic nitrogens is 1. The van der Waals surface area contributed by atoms with Crippen molar-refractivity contribution in [1.29, 1.82) is 0 Å². The fourth-order valence-corrected chi connectivity index (χ4v) is 3.22. The van der Waals surface area contributed by atoms with Gasteiger partial charge in [0.15, 0.2) is 11.6 Å². The lowest BCUT2D eigenvalue weighted by molar-refractivity contribution is -0.123. The van der Waals surface area contributed by atoms with E-state index in [2.05, 4.69) is 10.3 Å². The van der Waals surface area contributed by atoms with Crippen molar-refractivity contribution in [2.75, 3.05) is 18.4 Å². The minimum atomic E-state index is -1.07. The zero-order chi connectivity index (χ0) is 19.8. The summed E-state index contributed by atoms with van der Waals surface area (Å²) in [5, 5.41) is 3.74. The summed E-state index contributed by atoms with van der Waals surface area (Å²) in [6, 6.07) is 12.3. The first kappa shape index (κ1) is 18.0. The number of hydrogen-bond donors (Lipinski definition) is 1. The van der Waals surface area contributed by atoms with Gasteiger partial charge in [0.1, 0.15) is 0 Å². The number of nitrogens with zero attached hydrogens (tertiary/aromatic N) is 2. The van der Waals surface area contributed by atoms with Gasteiger partial charge in [0.2, 0.25) is 5.91 Å². The summed E-state index contributed by atoms with van der Waals surface area (Å²) in [5.41, 5.74) is 2.41. The predicted octanol–water partition coefficient (Wildman–Crippen LogP) is 3.53. The Hall–Kier alpha value is -3.35. The van der Waals surface area contributed by atoms with Gasteiger partial charge >= 0.3 is 0 Å². The first-order chi connectivity index (χ1) is 13.4. The molecule has 0 bridgehead atoms. The molecule has 3 aromatic rings. The summed E-state index contributed by atoms with van der Waals surface area (Å²) in [5.74, 6) is -3.05. The highest BCUT2D eigenvalue weighted by Gasteiger charge is 2.36. The molecule has 1 aliphatic heterocycles. The summed E-state index contributed by atoms with van der Waals surface area (Å²) in [6.07, 6.45) is 0. The molecule has 5 nitrogen and oxygen atoms in total. The largest absolute Gasteiger partial charge is 0.337 e. The molecule has 2 heterocycles. The number of fused-ring (bicyclic) bond motifs is 1. The normalized spacial score (nSPS) is 14.0. The molecule has 0 radical (unpaired) electrons. The van der Waals surface area contributed by atoms with Crippen LogP contribution in [0.3, 0.4) is 0 Å². The van der Waals surface area contributed by atoms with Gasteiger partial charge in [-0.1, -0.05) is 6.07 Å². The van der Waals surface area contributed by atoms with Gasteiger partial charge in [-0.2, -0.15) is 0 Å². The highest BCUT2D eigenvalue weighted by Crippen LogP contribution is 2.25. The second-order valence-electron chi connectivity index (χ2n) is 6.85. The van der Waals surface area contributed by atoms with Crippen molar-refractivity contribution < 1.29 is 18.4 Å². The summed E-state index contributed by atoms with van der Waals surface area (Å²) in [6.45, 7) is 2.36. The van der Waals surface area contributed by atoms with Gasteiger partial charge < -0.3 is 10.2 Å². The van der Waals surface area contributed by atoms with E-state index in [0.29, 0.717) is 5.69 Å². The fraction of sp³-hybridized carbons (Fsp3) is 0.190. The lowest BCUT2D eigenvalue weighted by atomic mass is 9.97. The van der Waals surface area contributed by atoms with Crippen LogP contribution in [-0.4, -0.2) is 34.8 Å². The first-order valence-electron chi connectivity index (χ1n) is 8.84. The standard InChI is InChI=1S/C21H17F2N3O2/c1-12-5-7-15-18(24-12)3-2-4-19(15)25-20(27)14-10-26(11-14)21(28)13-6-8-16(22)17(23)9-13/h2-9,14H,10-11H2,1H3,(H,25,27). The Bertz CT molecular complexity index is 1090. The number of likely N-dealkylation sites (tertiary alicyclic amines) is 1. The van der Waals surface area contributed by atoms with Gasteiger partial charge in [0, 0.05) is 29.7 Å². The third-order valence-corrected chi connectivity index (χ3v) is 4.84. The molecule has 2 amide bonds. The van der Waals surface area contributed by atoms with Crippen LogP contribution in [0.4, 0.5) is 14.5 Å². The minimum absolute atomic E-state index is 0.0632. The van der Waals surface area contributed by atoms with Gasteiger partial charge in [-0.05, 0) is 49.4 Å². The molecule has 0 saturated carbocycles. The molecule has 0 aliphatic carbocycles. The van der Waals surface area contributed by atoms with Crippen LogP contribution in [0.2, 0.25) is 0 Å². The van der Waals surface area contributed by atoms with Crippen LogP contribution in [-0.2, 0) is 4.79 Å². The summed E-state index contributed by atoms with van der Waals surface area (Å²) in [7, 11) is 0. The van der Waals surface area contributed by atoms with Crippen LogP contribution in [0.15, 0.2) is 48.5 Å². The number of nitrogens with one attached hydrogen (secondary N) is 1. The Balaban J connectivity index is 1.42. The highest BCUT2D eigenvalue weighted by atomic mass is 19.2. The average molecular weight is 381 g/mol. The van der Waals surface area contributed by atoms with Gasteiger partial charge in [0.25, 0.3) is 5.91 Å². The Kier molecular flexibility index (Phi) is 4.50. The molecular formula is C21H17F2N3O2. The quantitative estimate of drug-likeness (QED) is 0.755. The van der Waals surface area contributed by atoms with E-state index < -0.39 is 17.5 Å². The van der Waals surface area contributed by atoms with Crippen molar-refractivity contribution in [3.8, 4) is 0 Å². The minimum Gasteiger partial charge on any atom is -0.337 e. The van der Waals surface area contributed by atoms with Crippen molar-refractivity contribution in [1.82, 2.24) is 9.88 Å². The number of carbonyl (C=O) groups excluding carboxylic acids is 2. The van der Waals surface area contributed by atoms with Crippen molar-refractivity contribution in [3.63, 3.8) is 0 Å². The van der Waals surface area contributed by atoms with E-state index in [4.69, 9.17) is 0 Å². The molecule has 7 heteroatoms. The molecule has 1 aromatic heterocycles. The van der Waals surface area contributed by atoms with E-state index in [-0.39, 0.29) is 30.5 Å². The molecule has 28 heavy (non-hydrogen) atoms. The van der Waals surface area contributed by atoms with Gasteiger partial charge in [-0.25, -0.2) is 8.78 Å². The predicted molar refractivity (Wildman–Crippen MR) is 101 cm³/mol. The number of hydrogen-bond acceptors (Lipinski definition) is 3. The zero-order valence-corrected chi connectivity index (χ0v) is 15.1. The fourth-order valence-electron chi connectivity index (χ4n) is 3.22. The number of halogens is 2. The molecule has 2 aromatic carbocycles. The van der Waals surface area contributed by atoms with Crippen LogP contribution in [0.1, 0.15) is 16.1 Å². The zero-order valence-electron chi connectivity index (χ0n) is 15.1. The van der Waals surface area contributed by atoms with Gasteiger partial charge in [-0.3, -0.25) is 14.6 Å². The second kappa shape index (κ2) is 6.99. The molecule has 4 rings (SSSR count). The van der Waals surface area contributed by atoms with E-state index >= 15 is 0 Å². The molecule has 0 atom stereocenters. The van der Waals surface area contributed by atoms with Crippen molar-refractivity contribution >= 4 is 28.4 Å². The van der Waals surface area contributed by atoms with Crippen LogP contribution in [0, 0.1) is 24.5 Å². The van der Waals surface area contributed by atoms with E-state index in [1.165, 1.54) is 11.0 Å². The van der Waals surface area contributed by atoms with Crippen LogP contribution in [0.5, 0.6) is 0 Å². The van der Waals surface area contributed by atoms with Crippen molar-refractivity contribution in [2.45, 2.75) is 6.92 Å². The Labute approximate surface area is 160 Å². The summed E-state index contributed by atoms with van der Waals surface area (Å²) >= 11 is 0. The van der Waals surface area contributed by atoms with Crippen molar-refractivity contribution in [2.24, 2.45) is 5.92 Å². The van der Waals surface area contributed by atoms with Gasteiger partial charge in [-0.15, -0.1) is 0 Å². The molecular weight excluding hydrogens is 364 g/mol. The number of aryl methyl sites for hydroxylation is 1. The SMILES string of the molecule is Cc1ccc2c(NC(=O)C3CN(C(=O)c4ccc(F)c(F)c4)C3)cccc2n1. The third-order valence-electron chi connectivity index (χ3n) is 4.84.